The summed E-state index contributed by atoms with van der Waals surface area (Å²) in [4.78, 5) is 13.9. The fourth-order valence-corrected chi connectivity index (χ4v) is 2.27. The minimum atomic E-state index is -0.275. The number of amides is 1. The van der Waals surface area contributed by atoms with Gasteiger partial charge in [0.05, 0.1) is 27.4 Å². The van der Waals surface area contributed by atoms with Crippen LogP contribution < -0.4 is 10.6 Å². The molecule has 0 fully saturated rings. The van der Waals surface area contributed by atoms with Crippen LogP contribution in [0, 0.1) is 11.3 Å². The third-order valence-corrected chi connectivity index (χ3v) is 3.64. The van der Waals surface area contributed by atoms with Gasteiger partial charge < -0.3 is 10.6 Å². The minimum absolute atomic E-state index is 0.235. The van der Waals surface area contributed by atoms with Gasteiger partial charge in [0.15, 0.2) is 0 Å². The number of rotatable bonds is 2. The van der Waals surface area contributed by atoms with E-state index in [2.05, 4.69) is 0 Å². The van der Waals surface area contributed by atoms with E-state index in [-0.39, 0.29) is 21.6 Å². The lowest BCUT2D eigenvalue weighted by Crippen LogP contribution is -2.26. The summed E-state index contributed by atoms with van der Waals surface area (Å²) < 4.78 is 0. The van der Waals surface area contributed by atoms with Crippen molar-refractivity contribution in [2.75, 3.05) is 17.7 Å². The second-order valence-corrected chi connectivity index (χ2v) is 5.19. The van der Waals surface area contributed by atoms with Crippen LogP contribution in [0.4, 0.5) is 11.4 Å². The van der Waals surface area contributed by atoms with Gasteiger partial charge in [-0.05, 0) is 36.4 Å². The van der Waals surface area contributed by atoms with Crippen molar-refractivity contribution in [1.29, 1.82) is 5.26 Å². The molecule has 0 unspecified atom stereocenters. The lowest BCUT2D eigenvalue weighted by molar-refractivity contribution is 0.0993. The highest BCUT2D eigenvalue weighted by Crippen LogP contribution is 2.29. The lowest BCUT2D eigenvalue weighted by atomic mass is 10.1. The Hall–Kier alpha value is -2.22. The van der Waals surface area contributed by atoms with Gasteiger partial charge in [-0.2, -0.15) is 5.26 Å². The Bertz CT molecular complexity index is 713. The predicted octanol–water partition coefficient (Wildman–Crippen LogP) is 3.72. The molecule has 0 atom stereocenters. The number of carbonyl (C=O) groups is 1. The molecule has 0 aromatic heterocycles. The van der Waals surface area contributed by atoms with Crippen LogP contribution in [-0.2, 0) is 0 Å². The van der Waals surface area contributed by atoms with E-state index >= 15 is 0 Å². The van der Waals surface area contributed by atoms with Crippen molar-refractivity contribution in [2.45, 2.75) is 0 Å². The first kappa shape index (κ1) is 15.2. The summed E-state index contributed by atoms with van der Waals surface area (Å²) in [6.45, 7) is 0. The second kappa shape index (κ2) is 6.04. The van der Waals surface area contributed by atoms with Gasteiger partial charge in [-0.3, -0.25) is 4.79 Å². The van der Waals surface area contributed by atoms with Crippen LogP contribution in [-0.4, -0.2) is 13.0 Å². The van der Waals surface area contributed by atoms with Crippen LogP contribution in [0.25, 0.3) is 0 Å². The Morgan fingerprint density at radius 3 is 2.19 bits per heavy atom. The molecule has 0 aliphatic rings. The molecule has 0 heterocycles. The highest BCUT2D eigenvalue weighted by atomic mass is 35.5. The Morgan fingerprint density at radius 2 is 1.71 bits per heavy atom. The molecule has 6 heteroatoms. The molecule has 0 spiro atoms. The molecule has 2 N–H and O–H groups in total. The molecule has 2 aromatic rings. The molecule has 0 radical (unpaired) electrons. The van der Waals surface area contributed by atoms with Crippen molar-refractivity contribution in [1.82, 2.24) is 0 Å². The third kappa shape index (κ3) is 3.10. The van der Waals surface area contributed by atoms with Gasteiger partial charge in [-0.15, -0.1) is 0 Å². The summed E-state index contributed by atoms with van der Waals surface area (Å²) in [6.07, 6.45) is 0. The van der Waals surface area contributed by atoms with Crippen LogP contribution in [0.3, 0.4) is 0 Å². The van der Waals surface area contributed by atoms with Crippen LogP contribution >= 0.6 is 23.2 Å². The molecule has 106 valence electrons. The molecule has 2 rings (SSSR count). The second-order valence-electron chi connectivity index (χ2n) is 4.38. The molecule has 0 aliphatic carbocycles. The first-order valence-corrected chi connectivity index (χ1v) is 6.72. The van der Waals surface area contributed by atoms with Crippen molar-refractivity contribution in [2.24, 2.45) is 0 Å². The van der Waals surface area contributed by atoms with E-state index in [9.17, 15) is 4.79 Å². The first-order valence-electron chi connectivity index (χ1n) is 5.96. The fourth-order valence-electron chi connectivity index (χ4n) is 1.78. The van der Waals surface area contributed by atoms with Gasteiger partial charge >= 0.3 is 0 Å². The summed E-state index contributed by atoms with van der Waals surface area (Å²) in [6, 6.07) is 11.6. The maximum absolute atomic E-state index is 12.4. The number of nitriles is 1. The predicted molar refractivity (Wildman–Crippen MR) is 84.8 cm³/mol. The van der Waals surface area contributed by atoms with Gasteiger partial charge in [0, 0.05) is 18.3 Å². The third-order valence-electron chi connectivity index (χ3n) is 3.01. The van der Waals surface area contributed by atoms with E-state index in [4.69, 9.17) is 34.2 Å². The number of nitrogens with two attached hydrogens (primary N) is 1. The summed E-state index contributed by atoms with van der Waals surface area (Å²) in [5, 5.41) is 9.24. The highest BCUT2D eigenvalue weighted by Gasteiger charge is 2.16. The van der Waals surface area contributed by atoms with Crippen LogP contribution in [0.2, 0.25) is 10.0 Å². The zero-order chi connectivity index (χ0) is 15.6. The monoisotopic (exact) mass is 319 g/mol. The average Bonchev–Trinajstić information content (AvgIpc) is 2.50. The van der Waals surface area contributed by atoms with Gasteiger partial charge in [0.1, 0.15) is 0 Å². The van der Waals surface area contributed by atoms with E-state index in [1.807, 2.05) is 6.07 Å². The summed E-state index contributed by atoms with van der Waals surface area (Å²) in [5.74, 6) is -0.275. The maximum atomic E-state index is 12.4. The summed E-state index contributed by atoms with van der Waals surface area (Å²) >= 11 is 11.9. The van der Waals surface area contributed by atoms with Crippen LogP contribution in [0.5, 0.6) is 0 Å². The minimum Gasteiger partial charge on any atom is -0.396 e. The van der Waals surface area contributed by atoms with E-state index in [0.717, 1.165) is 0 Å². The molecular weight excluding hydrogens is 309 g/mol. The molecule has 0 aliphatic heterocycles. The van der Waals surface area contributed by atoms with Crippen molar-refractivity contribution in [3.8, 4) is 6.07 Å². The number of nitrogens with zero attached hydrogens (tertiary/aromatic N) is 2. The Balaban J connectivity index is 2.32. The van der Waals surface area contributed by atoms with Crippen LogP contribution in [0.1, 0.15) is 15.9 Å². The fraction of sp³-hybridized carbons (Fsp3) is 0.0667. The maximum Gasteiger partial charge on any atom is 0.258 e. The molecule has 0 saturated carbocycles. The number of carbonyl (C=O) groups excluding carboxylic acids is 1. The number of benzene rings is 2. The van der Waals surface area contributed by atoms with Crippen molar-refractivity contribution < 1.29 is 4.79 Å². The van der Waals surface area contributed by atoms with E-state index < -0.39 is 0 Å². The standard InChI is InChI=1S/C15H11Cl2N3O/c1-20(11-4-2-9(8-18)3-5-11)15(21)10-6-12(16)14(19)13(17)7-10/h2-7H,19H2,1H3. The number of hydrogen-bond acceptors (Lipinski definition) is 3. The summed E-state index contributed by atoms with van der Waals surface area (Å²) in [7, 11) is 1.63. The summed E-state index contributed by atoms with van der Waals surface area (Å²) in [5.41, 5.74) is 7.42. The lowest BCUT2D eigenvalue weighted by Gasteiger charge is -2.18. The molecule has 1 amide bonds. The SMILES string of the molecule is CN(C(=O)c1cc(Cl)c(N)c(Cl)c1)c1ccc(C#N)cc1. The smallest absolute Gasteiger partial charge is 0.258 e. The molecule has 2 aromatic carbocycles. The first-order chi connectivity index (χ1) is 9.93. The molecule has 21 heavy (non-hydrogen) atoms. The van der Waals surface area contributed by atoms with Crippen molar-refractivity contribution in [3.05, 3.63) is 57.6 Å². The van der Waals surface area contributed by atoms with Gasteiger partial charge in [-0.1, -0.05) is 23.2 Å². The number of anilines is 2. The normalized spacial score (nSPS) is 10.0. The quantitative estimate of drug-likeness (QED) is 0.857. The highest BCUT2D eigenvalue weighted by molar-refractivity contribution is 6.39. The van der Waals surface area contributed by atoms with Gasteiger partial charge in [0.2, 0.25) is 0 Å². The largest absolute Gasteiger partial charge is 0.396 e. The number of hydrogen-bond donors (Lipinski definition) is 1. The van der Waals surface area contributed by atoms with Gasteiger partial charge in [0.25, 0.3) is 5.91 Å². The Morgan fingerprint density at radius 1 is 1.19 bits per heavy atom. The zero-order valence-corrected chi connectivity index (χ0v) is 12.6. The molecule has 4 nitrogen and oxygen atoms in total. The molecule has 0 saturated heterocycles. The molecule has 0 bridgehead atoms. The van der Waals surface area contributed by atoms with Crippen LogP contribution in [0.15, 0.2) is 36.4 Å². The van der Waals surface area contributed by atoms with E-state index in [1.165, 1.54) is 17.0 Å². The van der Waals surface area contributed by atoms with E-state index in [0.29, 0.717) is 16.8 Å². The van der Waals surface area contributed by atoms with Gasteiger partial charge in [-0.25, -0.2) is 0 Å². The number of nitrogen functional groups attached to an aromatic ring is 1. The Labute approximate surface area is 132 Å². The molecular formula is C15H11Cl2N3O. The zero-order valence-electron chi connectivity index (χ0n) is 11.1. The van der Waals surface area contributed by atoms with Crippen molar-refractivity contribution in [3.63, 3.8) is 0 Å². The topological polar surface area (TPSA) is 70.1 Å². The number of halogens is 2. The van der Waals surface area contributed by atoms with Crippen molar-refractivity contribution >= 4 is 40.5 Å². The van der Waals surface area contributed by atoms with E-state index in [1.54, 1.807) is 31.3 Å². The Kier molecular flexibility index (Phi) is 4.37. The average molecular weight is 320 g/mol.